The van der Waals surface area contributed by atoms with Crippen LogP contribution in [0.2, 0.25) is 0 Å². The first kappa shape index (κ1) is 36.9. The van der Waals surface area contributed by atoms with E-state index in [1.165, 1.54) is 6.07 Å². The van der Waals surface area contributed by atoms with Crippen LogP contribution in [0.15, 0.2) is 54.6 Å². The first-order valence-corrected chi connectivity index (χ1v) is 16.2. The number of hydrogen-bond acceptors (Lipinski definition) is 7. The highest BCUT2D eigenvalue weighted by Crippen LogP contribution is 2.21. The van der Waals surface area contributed by atoms with Crippen molar-refractivity contribution >= 4 is 17.9 Å². The van der Waals surface area contributed by atoms with Crippen LogP contribution in [-0.2, 0) is 31.9 Å². The number of morpholine rings is 1. The molecule has 1 heterocycles. The number of carbonyl (C=O) groups is 3. The predicted molar refractivity (Wildman–Crippen MR) is 175 cm³/mol. The van der Waals surface area contributed by atoms with Gasteiger partial charge in [-0.25, -0.2) is 9.18 Å². The number of rotatable bonds is 15. The van der Waals surface area contributed by atoms with Crippen LogP contribution in [0.4, 0.5) is 9.18 Å². The second-order valence-corrected chi connectivity index (χ2v) is 13.2. The number of hydrogen-bond donors (Lipinski definition) is 4. The van der Waals surface area contributed by atoms with Crippen molar-refractivity contribution in [2.24, 2.45) is 11.8 Å². The van der Waals surface area contributed by atoms with Gasteiger partial charge in [0.1, 0.15) is 17.5 Å². The summed E-state index contributed by atoms with van der Waals surface area (Å²) in [6.07, 6.45) is -1.73. The smallest absolute Gasteiger partial charge is 0.407 e. The Bertz CT molecular complexity index is 1250. The molecule has 1 fully saturated rings. The van der Waals surface area contributed by atoms with Crippen molar-refractivity contribution in [3.8, 4) is 0 Å². The van der Waals surface area contributed by atoms with Crippen molar-refractivity contribution in [2.75, 3.05) is 39.4 Å². The molecule has 1 aliphatic heterocycles. The van der Waals surface area contributed by atoms with Gasteiger partial charge in [-0.05, 0) is 63.1 Å². The molecule has 2 aromatic rings. The molecule has 10 nitrogen and oxygen atoms in total. The average molecular weight is 643 g/mol. The van der Waals surface area contributed by atoms with E-state index in [4.69, 9.17) is 9.47 Å². The van der Waals surface area contributed by atoms with E-state index in [9.17, 15) is 23.9 Å². The maximum Gasteiger partial charge on any atom is 0.407 e. The normalized spacial score (nSPS) is 16.6. The highest BCUT2D eigenvalue weighted by molar-refractivity contribution is 5.88. The van der Waals surface area contributed by atoms with Crippen molar-refractivity contribution in [2.45, 2.75) is 77.7 Å². The molecule has 4 N–H and O–H groups in total. The fourth-order valence-corrected chi connectivity index (χ4v) is 5.36. The Kier molecular flexibility index (Phi) is 14.4. The van der Waals surface area contributed by atoms with Gasteiger partial charge >= 0.3 is 6.09 Å². The molecule has 1 aliphatic rings. The lowest BCUT2D eigenvalue weighted by atomic mass is 9.88. The Hall–Kier alpha value is -3.54. The van der Waals surface area contributed by atoms with Gasteiger partial charge in [-0.3, -0.25) is 14.5 Å². The third kappa shape index (κ3) is 12.7. The Morgan fingerprint density at radius 2 is 1.61 bits per heavy atom. The fraction of sp³-hybridized carbons (Fsp3) is 0.571. The molecule has 11 heteroatoms. The van der Waals surface area contributed by atoms with Crippen LogP contribution < -0.4 is 16.0 Å². The molecule has 0 unspecified atom stereocenters. The number of aliphatic hydroxyl groups excluding tert-OH is 1. The lowest BCUT2D eigenvalue weighted by Gasteiger charge is -2.30. The third-order valence-electron chi connectivity index (χ3n) is 7.86. The van der Waals surface area contributed by atoms with Gasteiger partial charge in [-0.2, -0.15) is 0 Å². The van der Waals surface area contributed by atoms with Crippen molar-refractivity contribution in [1.82, 2.24) is 20.9 Å². The Morgan fingerprint density at radius 1 is 0.957 bits per heavy atom. The number of alkyl carbamates (subject to hydrolysis) is 1. The number of nitrogens with zero attached hydrogens (tertiary/aromatic N) is 1. The minimum absolute atomic E-state index is 0.0104. The van der Waals surface area contributed by atoms with Gasteiger partial charge in [0.2, 0.25) is 11.8 Å². The molecule has 0 bridgehead atoms. The zero-order valence-corrected chi connectivity index (χ0v) is 27.8. The quantitative estimate of drug-likeness (QED) is 0.234. The molecule has 46 heavy (non-hydrogen) atoms. The molecule has 0 radical (unpaired) electrons. The molecule has 254 valence electrons. The molecule has 3 rings (SSSR count). The van der Waals surface area contributed by atoms with Crippen LogP contribution in [0.3, 0.4) is 0 Å². The molecule has 0 aliphatic carbocycles. The first-order valence-electron chi connectivity index (χ1n) is 16.2. The summed E-state index contributed by atoms with van der Waals surface area (Å²) in [7, 11) is 0. The number of aliphatic hydroxyl groups is 1. The summed E-state index contributed by atoms with van der Waals surface area (Å²) >= 11 is 0. The Morgan fingerprint density at radius 3 is 2.24 bits per heavy atom. The standard InChI is InChI=1S/C35H51FN4O6/c1-24(2)31(33(43)37-15-16-40-17-19-45-20-18-40)39-32(42)27(22-26-13-9-10-14-28(26)36)23-30(41)29(21-25-11-7-6-8-12-25)38-34(44)46-35(3,4)5/h6-14,24,27,29-31,41H,15-23H2,1-5H3,(H,37,43)(H,38,44)(H,39,42)/t27-,29-,30-,31-/m0/s1. The van der Waals surface area contributed by atoms with E-state index in [-0.39, 0.29) is 31.1 Å². The second kappa shape index (κ2) is 18.0. The van der Waals surface area contributed by atoms with E-state index < -0.39 is 47.5 Å². The third-order valence-corrected chi connectivity index (χ3v) is 7.86. The van der Waals surface area contributed by atoms with Crippen molar-refractivity contribution in [3.05, 3.63) is 71.5 Å². The average Bonchev–Trinajstić information content (AvgIpc) is 3.00. The molecule has 1 saturated heterocycles. The number of ether oxygens (including phenoxy) is 2. The van der Waals surface area contributed by atoms with Crippen LogP contribution >= 0.6 is 0 Å². The molecule has 2 aromatic carbocycles. The van der Waals surface area contributed by atoms with Gasteiger partial charge in [0.15, 0.2) is 0 Å². The molecule has 0 saturated carbocycles. The van der Waals surface area contributed by atoms with E-state index in [0.29, 0.717) is 31.9 Å². The Labute approximate surface area is 272 Å². The fourth-order valence-electron chi connectivity index (χ4n) is 5.36. The molecule has 4 atom stereocenters. The van der Waals surface area contributed by atoms with Crippen LogP contribution in [-0.4, -0.2) is 91.1 Å². The van der Waals surface area contributed by atoms with Gasteiger partial charge < -0.3 is 30.5 Å². The largest absolute Gasteiger partial charge is 0.444 e. The first-order chi connectivity index (χ1) is 21.8. The number of halogens is 1. The van der Waals surface area contributed by atoms with Crippen LogP contribution in [0.1, 0.15) is 52.2 Å². The van der Waals surface area contributed by atoms with E-state index in [1.54, 1.807) is 39.0 Å². The van der Waals surface area contributed by atoms with E-state index >= 15 is 0 Å². The minimum atomic E-state index is -1.20. The molecular formula is C35H51FN4O6. The van der Waals surface area contributed by atoms with Crippen molar-refractivity contribution in [1.29, 1.82) is 0 Å². The summed E-state index contributed by atoms with van der Waals surface area (Å²) in [6, 6.07) is 13.9. The summed E-state index contributed by atoms with van der Waals surface area (Å²) < 4.78 is 25.6. The number of amides is 3. The number of benzene rings is 2. The van der Waals surface area contributed by atoms with Crippen LogP contribution in [0.25, 0.3) is 0 Å². The maximum absolute atomic E-state index is 14.8. The second-order valence-electron chi connectivity index (χ2n) is 13.2. The summed E-state index contributed by atoms with van der Waals surface area (Å²) in [5.74, 6) is -2.40. The summed E-state index contributed by atoms with van der Waals surface area (Å²) in [5, 5.41) is 20.1. The van der Waals surface area contributed by atoms with Gasteiger partial charge in [0.25, 0.3) is 0 Å². The lowest BCUT2D eigenvalue weighted by Crippen LogP contribution is -2.53. The molecule has 0 aromatic heterocycles. The zero-order chi connectivity index (χ0) is 33.7. The minimum Gasteiger partial charge on any atom is -0.444 e. The molecule has 0 spiro atoms. The van der Waals surface area contributed by atoms with Gasteiger partial charge in [0, 0.05) is 32.1 Å². The summed E-state index contributed by atoms with van der Waals surface area (Å²) in [4.78, 5) is 42.1. The van der Waals surface area contributed by atoms with Crippen LogP contribution in [0, 0.1) is 17.7 Å². The molecule has 3 amide bonds. The van der Waals surface area contributed by atoms with E-state index in [2.05, 4.69) is 20.9 Å². The highest BCUT2D eigenvalue weighted by atomic mass is 19.1. The van der Waals surface area contributed by atoms with Crippen molar-refractivity contribution in [3.63, 3.8) is 0 Å². The topological polar surface area (TPSA) is 129 Å². The SMILES string of the molecule is CC(C)[C@H](NC(=O)[C@@H](Cc1ccccc1F)C[C@H](O)[C@H](Cc1ccccc1)NC(=O)OC(C)(C)C)C(=O)NCCN1CCOCC1. The maximum atomic E-state index is 14.8. The summed E-state index contributed by atoms with van der Waals surface area (Å²) in [6.45, 7) is 12.9. The van der Waals surface area contributed by atoms with E-state index in [0.717, 1.165) is 18.7 Å². The summed E-state index contributed by atoms with van der Waals surface area (Å²) in [5.41, 5.74) is 0.422. The predicted octanol–water partition coefficient (Wildman–Crippen LogP) is 3.46. The van der Waals surface area contributed by atoms with Crippen molar-refractivity contribution < 1.29 is 33.4 Å². The zero-order valence-electron chi connectivity index (χ0n) is 27.8. The van der Waals surface area contributed by atoms with E-state index in [1.807, 2.05) is 44.2 Å². The van der Waals surface area contributed by atoms with Gasteiger partial charge in [-0.15, -0.1) is 0 Å². The van der Waals surface area contributed by atoms with Gasteiger partial charge in [-0.1, -0.05) is 62.4 Å². The number of nitrogens with one attached hydrogen (secondary N) is 3. The Balaban J connectivity index is 1.78. The number of carbonyl (C=O) groups excluding carboxylic acids is 3. The molecular weight excluding hydrogens is 591 g/mol. The van der Waals surface area contributed by atoms with Crippen LogP contribution in [0.5, 0.6) is 0 Å². The monoisotopic (exact) mass is 642 g/mol. The van der Waals surface area contributed by atoms with Gasteiger partial charge in [0.05, 0.1) is 25.4 Å². The highest BCUT2D eigenvalue weighted by Gasteiger charge is 2.33. The lowest BCUT2D eigenvalue weighted by molar-refractivity contribution is -0.132.